The molecule has 0 aliphatic carbocycles. The van der Waals surface area contributed by atoms with Gasteiger partial charge in [-0.3, -0.25) is 0 Å². The molecule has 0 atom stereocenters. The Morgan fingerprint density at radius 3 is 2.00 bits per heavy atom. The van der Waals surface area contributed by atoms with E-state index in [0.717, 1.165) is 11.3 Å². The molecule has 65 valence electrons. The molecule has 0 aliphatic rings. The highest BCUT2D eigenvalue weighted by molar-refractivity contribution is 5.30. The molecular weight excluding hydrogens is 150 g/mol. The van der Waals surface area contributed by atoms with Crippen LogP contribution >= 0.6 is 0 Å². The Morgan fingerprint density at radius 1 is 1.17 bits per heavy atom. The third-order valence-corrected chi connectivity index (χ3v) is 1.81. The first-order valence-electron chi connectivity index (χ1n) is 3.93. The van der Waals surface area contributed by atoms with E-state index in [1.54, 1.807) is 7.11 Å². The Balaban J connectivity index is 2.93. The van der Waals surface area contributed by atoms with Crippen molar-refractivity contribution in [2.45, 2.75) is 19.4 Å². The molecule has 0 saturated heterocycles. The molecule has 0 amide bonds. The van der Waals surface area contributed by atoms with Gasteiger partial charge in [-0.1, -0.05) is 12.1 Å². The standard InChI is InChI=1S/C10H14NO/c1-10(2,11)8-4-6-9(12-3)7-5-8/h4-7,11H,1-3H3. The third kappa shape index (κ3) is 1.98. The average Bonchev–Trinajstić information content (AvgIpc) is 2.03. The average molecular weight is 164 g/mol. The number of hydrogen-bond acceptors (Lipinski definition) is 1. The van der Waals surface area contributed by atoms with Crippen LogP contribution < -0.4 is 10.5 Å². The molecule has 1 N–H and O–H groups in total. The molecule has 0 bridgehead atoms. The highest BCUT2D eigenvalue weighted by Gasteiger charge is 2.14. The van der Waals surface area contributed by atoms with Crippen LogP contribution in [0.4, 0.5) is 0 Å². The van der Waals surface area contributed by atoms with Crippen molar-refractivity contribution >= 4 is 0 Å². The number of hydrogen-bond donors (Lipinski definition) is 0. The molecule has 2 heteroatoms. The van der Waals surface area contributed by atoms with E-state index in [2.05, 4.69) is 0 Å². The fraction of sp³-hybridized carbons (Fsp3) is 0.400. The molecule has 0 fully saturated rings. The summed E-state index contributed by atoms with van der Waals surface area (Å²) in [5, 5.41) is 0. The van der Waals surface area contributed by atoms with Gasteiger partial charge in [0.2, 0.25) is 0 Å². The SMILES string of the molecule is COc1ccc(C(C)(C)[NH])cc1. The predicted molar refractivity (Wildman–Crippen MR) is 49.1 cm³/mol. The smallest absolute Gasteiger partial charge is 0.118 e. The maximum atomic E-state index is 7.76. The number of rotatable bonds is 2. The summed E-state index contributed by atoms with van der Waals surface area (Å²) < 4.78 is 5.02. The molecule has 0 saturated carbocycles. The molecular formula is C10H14NO. The Hall–Kier alpha value is -1.02. The Labute approximate surface area is 73.3 Å². The van der Waals surface area contributed by atoms with Crippen LogP contribution in [0.3, 0.4) is 0 Å². The van der Waals surface area contributed by atoms with Crippen molar-refractivity contribution in [3.63, 3.8) is 0 Å². The second-order valence-electron chi connectivity index (χ2n) is 3.35. The maximum Gasteiger partial charge on any atom is 0.118 e. The van der Waals surface area contributed by atoms with E-state index in [9.17, 15) is 0 Å². The zero-order chi connectivity index (χ0) is 9.19. The van der Waals surface area contributed by atoms with Gasteiger partial charge >= 0.3 is 0 Å². The molecule has 0 heterocycles. The summed E-state index contributed by atoms with van der Waals surface area (Å²) >= 11 is 0. The van der Waals surface area contributed by atoms with Crippen LogP contribution in [0, 0.1) is 0 Å². The Kier molecular flexibility index (Phi) is 2.38. The lowest BCUT2D eigenvalue weighted by molar-refractivity contribution is 0.414. The van der Waals surface area contributed by atoms with Gasteiger partial charge < -0.3 is 4.74 Å². The zero-order valence-electron chi connectivity index (χ0n) is 7.72. The minimum atomic E-state index is -0.522. The molecule has 0 unspecified atom stereocenters. The van der Waals surface area contributed by atoms with Crippen molar-refractivity contribution in [3.05, 3.63) is 29.8 Å². The monoisotopic (exact) mass is 164 g/mol. The highest BCUT2D eigenvalue weighted by atomic mass is 16.5. The van der Waals surface area contributed by atoms with Gasteiger partial charge in [-0.05, 0) is 31.5 Å². The summed E-state index contributed by atoms with van der Waals surface area (Å²) in [5.74, 6) is 0.836. The van der Waals surface area contributed by atoms with Crippen molar-refractivity contribution in [1.29, 1.82) is 0 Å². The summed E-state index contributed by atoms with van der Waals surface area (Å²) in [6.07, 6.45) is 0. The van der Waals surface area contributed by atoms with Crippen LogP contribution in [0.1, 0.15) is 19.4 Å². The predicted octanol–water partition coefficient (Wildman–Crippen LogP) is 2.21. The first-order valence-corrected chi connectivity index (χ1v) is 3.93. The van der Waals surface area contributed by atoms with Gasteiger partial charge in [-0.25, -0.2) is 5.73 Å². The van der Waals surface area contributed by atoms with Gasteiger partial charge in [-0.2, -0.15) is 0 Å². The zero-order valence-corrected chi connectivity index (χ0v) is 7.72. The summed E-state index contributed by atoms with van der Waals surface area (Å²) in [6, 6.07) is 7.61. The van der Waals surface area contributed by atoms with Crippen molar-refractivity contribution in [3.8, 4) is 5.75 Å². The maximum absolute atomic E-state index is 7.76. The van der Waals surface area contributed by atoms with Gasteiger partial charge in [0.05, 0.1) is 12.6 Å². The number of nitrogens with one attached hydrogen (secondary N) is 1. The molecule has 2 nitrogen and oxygen atoms in total. The Morgan fingerprint density at radius 2 is 1.67 bits per heavy atom. The van der Waals surface area contributed by atoms with Crippen LogP contribution in [-0.2, 0) is 5.54 Å². The third-order valence-electron chi connectivity index (χ3n) is 1.81. The summed E-state index contributed by atoms with van der Waals surface area (Å²) in [5.41, 5.74) is 8.24. The number of ether oxygens (including phenoxy) is 1. The Bertz CT molecular complexity index is 246. The fourth-order valence-electron chi connectivity index (χ4n) is 1.01. The first kappa shape index (κ1) is 9.07. The molecule has 0 aliphatic heterocycles. The lowest BCUT2D eigenvalue weighted by Crippen LogP contribution is -2.17. The van der Waals surface area contributed by atoms with Crippen molar-refractivity contribution in [1.82, 2.24) is 5.73 Å². The van der Waals surface area contributed by atoms with Crippen LogP contribution in [0.5, 0.6) is 5.75 Å². The minimum absolute atomic E-state index is 0.522. The van der Waals surface area contributed by atoms with E-state index >= 15 is 0 Å². The lowest BCUT2D eigenvalue weighted by atomic mass is 9.96. The molecule has 1 radical (unpaired) electrons. The largest absolute Gasteiger partial charge is 0.497 e. The van der Waals surface area contributed by atoms with Crippen LogP contribution in [-0.4, -0.2) is 7.11 Å². The molecule has 1 rings (SSSR count). The van der Waals surface area contributed by atoms with Gasteiger partial charge in [0, 0.05) is 0 Å². The van der Waals surface area contributed by atoms with Gasteiger partial charge in [0.15, 0.2) is 0 Å². The normalized spacial score (nSPS) is 11.3. The summed E-state index contributed by atoms with van der Waals surface area (Å²) in [4.78, 5) is 0. The number of methoxy groups -OCH3 is 1. The number of benzene rings is 1. The van der Waals surface area contributed by atoms with Gasteiger partial charge in [-0.15, -0.1) is 0 Å². The van der Waals surface area contributed by atoms with Crippen LogP contribution in [0.15, 0.2) is 24.3 Å². The first-order chi connectivity index (χ1) is 5.54. The van der Waals surface area contributed by atoms with Crippen molar-refractivity contribution in [2.24, 2.45) is 0 Å². The van der Waals surface area contributed by atoms with Gasteiger partial charge in [0.25, 0.3) is 0 Å². The van der Waals surface area contributed by atoms with Crippen LogP contribution in [0.2, 0.25) is 0 Å². The minimum Gasteiger partial charge on any atom is -0.497 e. The molecule has 12 heavy (non-hydrogen) atoms. The van der Waals surface area contributed by atoms with Crippen molar-refractivity contribution < 1.29 is 4.74 Å². The van der Waals surface area contributed by atoms with Gasteiger partial charge in [0.1, 0.15) is 5.75 Å². The summed E-state index contributed by atoms with van der Waals surface area (Å²) in [6.45, 7) is 3.74. The molecule has 0 spiro atoms. The van der Waals surface area contributed by atoms with Crippen LogP contribution in [0.25, 0.3) is 0 Å². The topological polar surface area (TPSA) is 33.0 Å². The lowest BCUT2D eigenvalue weighted by Gasteiger charge is -2.17. The fourth-order valence-corrected chi connectivity index (χ4v) is 1.01. The molecule has 0 aromatic heterocycles. The summed E-state index contributed by atoms with van der Waals surface area (Å²) in [7, 11) is 1.64. The van der Waals surface area contributed by atoms with E-state index in [4.69, 9.17) is 10.5 Å². The van der Waals surface area contributed by atoms with E-state index in [0.29, 0.717) is 0 Å². The highest BCUT2D eigenvalue weighted by Crippen LogP contribution is 2.21. The van der Waals surface area contributed by atoms with E-state index in [1.807, 2.05) is 38.1 Å². The molecule has 1 aromatic rings. The van der Waals surface area contributed by atoms with E-state index < -0.39 is 5.54 Å². The van der Waals surface area contributed by atoms with E-state index in [-0.39, 0.29) is 0 Å². The van der Waals surface area contributed by atoms with E-state index in [1.165, 1.54) is 0 Å². The molecule has 1 aromatic carbocycles. The second-order valence-corrected chi connectivity index (χ2v) is 3.35. The second kappa shape index (κ2) is 3.15. The quantitative estimate of drug-likeness (QED) is 0.659. The van der Waals surface area contributed by atoms with Crippen molar-refractivity contribution in [2.75, 3.05) is 7.11 Å².